The van der Waals surface area contributed by atoms with E-state index in [0.29, 0.717) is 25.2 Å². The number of benzene rings is 3. The summed E-state index contributed by atoms with van der Waals surface area (Å²) < 4.78 is 11.7. The Kier molecular flexibility index (Phi) is 6.74. The summed E-state index contributed by atoms with van der Waals surface area (Å²) in [4.78, 5) is 29.7. The van der Waals surface area contributed by atoms with Gasteiger partial charge in [-0.2, -0.15) is 0 Å². The maximum Gasteiger partial charge on any atom is 0.343 e. The maximum absolute atomic E-state index is 12.7. The van der Waals surface area contributed by atoms with E-state index in [1.165, 1.54) is 0 Å². The molecule has 6 nitrogen and oxygen atoms in total. The van der Waals surface area contributed by atoms with Crippen molar-refractivity contribution in [1.82, 2.24) is 0 Å². The fraction of sp³-hybridized carbons (Fsp3) is 0.0769. The van der Waals surface area contributed by atoms with E-state index in [1.807, 2.05) is 44.2 Å². The minimum atomic E-state index is -0.541. The number of hydrogen-bond donors (Lipinski definition) is 0. The number of ether oxygens (including phenoxy) is 2. The van der Waals surface area contributed by atoms with Gasteiger partial charge in [0.1, 0.15) is 11.5 Å². The SMILES string of the molecule is [C-]#[N+]C(C#N)=C1Sc2c(OC(=O)c3ccc(C)cc3)ccc(OC(=O)c3ccc(C)cc3)c2S1. The number of nitriles is 1. The molecule has 0 spiro atoms. The molecule has 0 N–H and O–H groups in total. The van der Waals surface area contributed by atoms with Crippen molar-refractivity contribution in [1.29, 1.82) is 5.26 Å². The molecule has 0 radical (unpaired) electrons. The number of carbonyl (C=O) groups excluding carboxylic acids is 2. The van der Waals surface area contributed by atoms with Gasteiger partial charge in [-0.3, -0.25) is 0 Å². The number of rotatable bonds is 4. The second-order valence-corrected chi connectivity index (χ2v) is 9.59. The summed E-state index contributed by atoms with van der Waals surface area (Å²) in [6, 6.07) is 18.9. The molecular formula is C26H16N2O4S2. The summed E-state index contributed by atoms with van der Waals surface area (Å²) in [6.45, 7) is 11.1. The van der Waals surface area contributed by atoms with Gasteiger partial charge in [0.05, 0.1) is 37.8 Å². The Hall–Kier alpha value is -3.98. The minimum Gasteiger partial charge on any atom is -0.422 e. The molecule has 4 rings (SSSR count). The largest absolute Gasteiger partial charge is 0.422 e. The second-order valence-electron chi connectivity index (χ2n) is 7.29. The third kappa shape index (κ3) is 4.84. The number of fused-ring (bicyclic) bond motifs is 1. The average Bonchev–Trinajstić information content (AvgIpc) is 3.28. The van der Waals surface area contributed by atoms with Gasteiger partial charge in [-0.05, 0) is 50.2 Å². The average molecular weight is 485 g/mol. The molecule has 3 aromatic rings. The van der Waals surface area contributed by atoms with Crippen molar-refractivity contribution in [3.05, 3.63) is 104 Å². The van der Waals surface area contributed by atoms with E-state index in [2.05, 4.69) is 4.85 Å². The van der Waals surface area contributed by atoms with Crippen LogP contribution in [0.25, 0.3) is 4.85 Å². The van der Waals surface area contributed by atoms with Crippen molar-refractivity contribution in [2.24, 2.45) is 0 Å². The van der Waals surface area contributed by atoms with Crippen LogP contribution in [0.1, 0.15) is 31.8 Å². The highest BCUT2D eigenvalue weighted by Crippen LogP contribution is 2.59. The number of hydrogen-bond acceptors (Lipinski definition) is 7. The van der Waals surface area contributed by atoms with Crippen LogP contribution in [0, 0.1) is 31.8 Å². The number of carbonyl (C=O) groups is 2. The maximum atomic E-state index is 12.7. The Morgan fingerprint density at radius 3 is 1.56 bits per heavy atom. The molecule has 34 heavy (non-hydrogen) atoms. The van der Waals surface area contributed by atoms with Crippen molar-refractivity contribution < 1.29 is 19.1 Å². The van der Waals surface area contributed by atoms with Crippen LogP contribution in [-0.2, 0) is 0 Å². The fourth-order valence-electron chi connectivity index (χ4n) is 3.00. The molecule has 166 valence electrons. The highest BCUT2D eigenvalue weighted by molar-refractivity contribution is 8.24. The quantitative estimate of drug-likeness (QED) is 0.180. The number of nitrogens with zero attached hydrogens (tertiary/aromatic N) is 2. The lowest BCUT2D eigenvalue weighted by Crippen LogP contribution is -2.11. The van der Waals surface area contributed by atoms with Gasteiger partial charge in [-0.15, -0.1) is 0 Å². The lowest BCUT2D eigenvalue weighted by atomic mass is 10.1. The molecule has 0 atom stereocenters. The van der Waals surface area contributed by atoms with Crippen molar-refractivity contribution >= 4 is 35.5 Å². The van der Waals surface area contributed by atoms with Gasteiger partial charge in [0.15, 0.2) is 0 Å². The van der Waals surface area contributed by atoms with Gasteiger partial charge >= 0.3 is 11.9 Å². The molecule has 0 saturated heterocycles. The van der Waals surface area contributed by atoms with E-state index in [4.69, 9.17) is 16.0 Å². The summed E-state index contributed by atoms with van der Waals surface area (Å²) in [5, 5.41) is 9.32. The highest BCUT2D eigenvalue weighted by Gasteiger charge is 2.30. The van der Waals surface area contributed by atoms with Gasteiger partial charge in [-0.1, -0.05) is 58.9 Å². The Bertz CT molecular complexity index is 1310. The van der Waals surface area contributed by atoms with Crippen LogP contribution in [-0.4, -0.2) is 11.9 Å². The van der Waals surface area contributed by atoms with Crippen LogP contribution in [0.3, 0.4) is 0 Å². The van der Waals surface area contributed by atoms with E-state index >= 15 is 0 Å². The van der Waals surface area contributed by atoms with Crippen molar-refractivity contribution in [3.8, 4) is 17.6 Å². The number of thioether (sulfide) groups is 2. The van der Waals surface area contributed by atoms with Crippen LogP contribution in [0.2, 0.25) is 0 Å². The lowest BCUT2D eigenvalue weighted by Gasteiger charge is -2.12. The molecule has 0 unspecified atom stereocenters. The molecule has 0 saturated carbocycles. The lowest BCUT2D eigenvalue weighted by molar-refractivity contribution is 0.0711. The molecule has 3 aromatic carbocycles. The molecular weight excluding hydrogens is 468 g/mol. The monoisotopic (exact) mass is 484 g/mol. The van der Waals surface area contributed by atoms with E-state index < -0.39 is 11.9 Å². The van der Waals surface area contributed by atoms with Crippen molar-refractivity contribution in [3.63, 3.8) is 0 Å². The zero-order chi connectivity index (χ0) is 24.2. The molecule has 0 amide bonds. The summed E-state index contributed by atoms with van der Waals surface area (Å²) in [7, 11) is 0. The zero-order valence-electron chi connectivity index (χ0n) is 18.1. The zero-order valence-corrected chi connectivity index (χ0v) is 19.8. The fourth-order valence-corrected chi connectivity index (χ4v) is 5.47. The highest BCUT2D eigenvalue weighted by atomic mass is 32.2. The van der Waals surface area contributed by atoms with E-state index in [9.17, 15) is 14.9 Å². The summed E-state index contributed by atoms with van der Waals surface area (Å²) >= 11 is 2.27. The standard InChI is InChI=1S/C26H16N2O4S2/c1-15-4-8-17(9-5-15)24(29)31-20-12-13-21(32-25(30)18-10-6-16(2)7-11-18)23-22(20)33-26(34-23)19(14-27)28-3/h4-13H,1-2H3. The predicted molar refractivity (Wildman–Crippen MR) is 130 cm³/mol. The Balaban J connectivity index is 1.69. The first-order valence-electron chi connectivity index (χ1n) is 10.0. The van der Waals surface area contributed by atoms with Crippen LogP contribution < -0.4 is 9.47 Å². The number of allylic oxidation sites excluding steroid dienone is 1. The van der Waals surface area contributed by atoms with Crippen LogP contribution in [0.15, 0.2) is 80.4 Å². The van der Waals surface area contributed by atoms with Crippen LogP contribution in [0.5, 0.6) is 11.5 Å². The number of esters is 2. The summed E-state index contributed by atoms with van der Waals surface area (Å²) in [6.07, 6.45) is 0. The second kappa shape index (κ2) is 9.88. The molecule has 0 fully saturated rings. The first kappa shape index (κ1) is 23.2. The summed E-state index contributed by atoms with van der Waals surface area (Å²) in [5.41, 5.74) is 2.72. The first-order chi connectivity index (χ1) is 16.4. The van der Waals surface area contributed by atoms with Crippen molar-refractivity contribution in [2.75, 3.05) is 0 Å². The van der Waals surface area contributed by atoms with E-state index in [-0.39, 0.29) is 17.2 Å². The Labute approximate surface area is 205 Å². The topological polar surface area (TPSA) is 80.8 Å². The Morgan fingerprint density at radius 2 is 1.21 bits per heavy atom. The van der Waals surface area contributed by atoms with E-state index in [1.54, 1.807) is 36.4 Å². The molecule has 1 aliphatic heterocycles. The third-order valence-corrected chi connectivity index (χ3v) is 7.43. The first-order valence-corrected chi connectivity index (χ1v) is 11.6. The van der Waals surface area contributed by atoms with Gasteiger partial charge in [-0.25, -0.2) is 19.7 Å². The van der Waals surface area contributed by atoms with Crippen LogP contribution >= 0.6 is 23.5 Å². The smallest absolute Gasteiger partial charge is 0.343 e. The third-order valence-electron chi connectivity index (χ3n) is 4.82. The van der Waals surface area contributed by atoms with Crippen LogP contribution in [0.4, 0.5) is 0 Å². The Morgan fingerprint density at radius 1 is 0.794 bits per heavy atom. The molecule has 0 aliphatic carbocycles. The normalized spacial score (nSPS) is 11.7. The molecule has 1 heterocycles. The van der Waals surface area contributed by atoms with E-state index in [0.717, 1.165) is 34.7 Å². The van der Waals surface area contributed by atoms with Gasteiger partial charge in [0, 0.05) is 0 Å². The molecule has 0 aromatic heterocycles. The molecule has 8 heteroatoms. The predicted octanol–water partition coefficient (Wildman–Crippen LogP) is 6.55. The summed E-state index contributed by atoms with van der Waals surface area (Å²) in [5.74, 6) is -0.573. The van der Waals surface area contributed by atoms with Gasteiger partial charge < -0.3 is 9.47 Å². The number of aryl methyl sites for hydroxylation is 2. The minimum absolute atomic E-state index is 0.0853. The molecule has 1 aliphatic rings. The van der Waals surface area contributed by atoms with Gasteiger partial charge in [0.25, 0.3) is 5.70 Å². The molecule has 0 bridgehead atoms. The van der Waals surface area contributed by atoms with Gasteiger partial charge in [0.2, 0.25) is 0 Å². The van der Waals surface area contributed by atoms with Crippen molar-refractivity contribution in [2.45, 2.75) is 23.6 Å².